The van der Waals surface area contributed by atoms with Gasteiger partial charge in [-0.1, -0.05) is 11.8 Å². The molecule has 0 saturated carbocycles. The highest BCUT2D eigenvalue weighted by atomic mass is 19.4. The van der Waals surface area contributed by atoms with Gasteiger partial charge in [0.15, 0.2) is 6.29 Å². The van der Waals surface area contributed by atoms with Gasteiger partial charge in [-0.15, -0.1) is 0 Å². The van der Waals surface area contributed by atoms with Crippen LogP contribution in [0.4, 0.5) is 18.9 Å². The number of nitro groups is 1. The molecule has 2 atom stereocenters. The van der Waals surface area contributed by atoms with Gasteiger partial charge in [0, 0.05) is 36.1 Å². The number of hydrogen-bond acceptors (Lipinski definition) is 6. The Morgan fingerprint density at radius 2 is 2.17 bits per heavy atom. The normalized spacial score (nSPS) is 19.0. The van der Waals surface area contributed by atoms with Crippen LogP contribution in [0, 0.1) is 27.9 Å². The summed E-state index contributed by atoms with van der Waals surface area (Å²) in [6, 6.07) is 4.04. The number of non-ortho nitro benzene ring substituents is 1. The quantitative estimate of drug-likeness (QED) is 0.293. The molecular formula is C18H16F3N3O6. The summed E-state index contributed by atoms with van der Waals surface area (Å²) in [5.41, 5.74) is 0.596. The van der Waals surface area contributed by atoms with Crippen molar-refractivity contribution in [2.45, 2.75) is 25.1 Å². The standard InChI is InChI=1S/C18H16F3N3O6/c19-18(20,21)17(27)22-5-1-2-10-8-23(15-6-11(9-30-15)16(25)26)14-4-3-12(24(28)29)7-13(10)14/h3-4,7-8,11,15-16,25-26H,5-6,9H2,(H,22,27). The van der Waals surface area contributed by atoms with E-state index in [9.17, 15) is 38.3 Å². The van der Waals surface area contributed by atoms with Crippen molar-refractivity contribution in [3.8, 4) is 11.8 Å². The number of aliphatic hydroxyl groups is 2. The summed E-state index contributed by atoms with van der Waals surface area (Å²) in [6.45, 7) is -0.474. The number of benzene rings is 1. The van der Waals surface area contributed by atoms with Crippen LogP contribution in [0.25, 0.3) is 10.9 Å². The molecule has 30 heavy (non-hydrogen) atoms. The van der Waals surface area contributed by atoms with Gasteiger partial charge < -0.3 is 24.8 Å². The fraction of sp³-hybridized carbons (Fsp3) is 0.389. The van der Waals surface area contributed by atoms with E-state index in [2.05, 4.69) is 11.8 Å². The van der Waals surface area contributed by atoms with Crippen molar-refractivity contribution >= 4 is 22.5 Å². The van der Waals surface area contributed by atoms with Crippen molar-refractivity contribution in [2.75, 3.05) is 13.2 Å². The SMILES string of the molecule is O=C(NCC#Cc1cn(C2CC(C(O)O)CO2)c2ccc([N+](=O)[O-])cc12)C(F)(F)F. The van der Waals surface area contributed by atoms with Crippen LogP contribution >= 0.6 is 0 Å². The van der Waals surface area contributed by atoms with Crippen molar-refractivity contribution in [3.63, 3.8) is 0 Å². The van der Waals surface area contributed by atoms with Gasteiger partial charge in [-0.25, -0.2) is 0 Å². The summed E-state index contributed by atoms with van der Waals surface area (Å²) in [6.07, 6.45) is -5.38. The van der Waals surface area contributed by atoms with E-state index in [0.717, 1.165) is 0 Å². The van der Waals surface area contributed by atoms with Gasteiger partial charge >= 0.3 is 12.1 Å². The minimum Gasteiger partial charge on any atom is -0.368 e. The van der Waals surface area contributed by atoms with Gasteiger partial charge in [0.25, 0.3) is 5.69 Å². The van der Waals surface area contributed by atoms with Crippen LogP contribution in [0.2, 0.25) is 0 Å². The summed E-state index contributed by atoms with van der Waals surface area (Å²) < 4.78 is 43.9. The molecule has 2 unspecified atom stereocenters. The van der Waals surface area contributed by atoms with Gasteiger partial charge in [-0.3, -0.25) is 14.9 Å². The van der Waals surface area contributed by atoms with E-state index in [1.54, 1.807) is 9.88 Å². The molecule has 1 aromatic heterocycles. The maximum atomic E-state index is 12.2. The number of ether oxygens (including phenoxy) is 1. The first-order valence-electron chi connectivity index (χ1n) is 8.68. The summed E-state index contributed by atoms with van der Waals surface area (Å²) in [5.74, 6) is 2.36. The zero-order chi connectivity index (χ0) is 22.1. The van der Waals surface area contributed by atoms with Crippen molar-refractivity contribution in [2.24, 2.45) is 5.92 Å². The first-order chi connectivity index (χ1) is 14.1. The third-order valence-corrected chi connectivity index (χ3v) is 4.58. The molecule has 1 aliphatic heterocycles. The predicted molar refractivity (Wildman–Crippen MR) is 95.9 cm³/mol. The Hall–Kier alpha value is -3.14. The van der Waals surface area contributed by atoms with Crippen molar-refractivity contribution in [1.29, 1.82) is 0 Å². The average molecular weight is 427 g/mol. The van der Waals surface area contributed by atoms with Gasteiger partial charge in [-0.2, -0.15) is 13.2 Å². The van der Waals surface area contributed by atoms with Crippen LogP contribution < -0.4 is 5.32 Å². The lowest BCUT2D eigenvalue weighted by Gasteiger charge is -2.14. The summed E-state index contributed by atoms with van der Waals surface area (Å²) in [7, 11) is 0. The molecule has 2 heterocycles. The maximum Gasteiger partial charge on any atom is 0.471 e. The number of nitrogens with one attached hydrogen (secondary N) is 1. The Balaban J connectivity index is 1.92. The lowest BCUT2D eigenvalue weighted by atomic mass is 10.1. The Labute approximate surface area is 167 Å². The lowest BCUT2D eigenvalue weighted by molar-refractivity contribution is -0.384. The molecule has 0 bridgehead atoms. The molecule has 160 valence electrons. The first-order valence-corrected chi connectivity index (χ1v) is 8.68. The van der Waals surface area contributed by atoms with Crippen LogP contribution in [0.3, 0.4) is 0 Å². The highest BCUT2D eigenvalue weighted by Crippen LogP contribution is 2.35. The third-order valence-electron chi connectivity index (χ3n) is 4.58. The molecule has 9 nitrogen and oxygen atoms in total. The summed E-state index contributed by atoms with van der Waals surface area (Å²) >= 11 is 0. The van der Waals surface area contributed by atoms with E-state index in [1.165, 1.54) is 24.4 Å². The van der Waals surface area contributed by atoms with E-state index in [-0.39, 0.29) is 24.3 Å². The Kier molecular flexibility index (Phi) is 5.97. The second kappa shape index (κ2) is 8.31. The van der Waals surface area contributed by atoms with Crippen LogP contribution in [0.15, 0.2) is 24.4 Å². The van der Waals surface area contributed by atoms with E-state index in [0.29, 0.717) is 10.9 Å². The third kappa shape index (κ3) is 4.54. The Bertz CT molecular complexity index is 1040. The van der Waals surface area contributed by atoms with E-state index >= 15 is 0 Å². The molecule has 1 amide bonds. The van der Waals surface area contributed by atoms with Crippen LogP contribution in [0.5, 0.6) is 0 Å². The van der Waals surface area contributed by atoms with Gasteiger partial charge in [-0.05, 0) is 6.07 Å². The molecule has 1 saturated heterocycles. The topological polar surface area (TPSA) is 127 Å². The van der Waals surface area contributed by atoms with Crippen molar-refractivity contribution in [3.05, 3.63) is 40.1 Å². The fourth-order valence-corrected chi connectivity index (χ4v) is 3.09. The molecule has 0 radical (unpaired) electrons. The minimum atomic E-state index is -5.02. The number of nitro benzene ring substituents is 1. The molecular weight excluding hydrogens is 411 g/mol. The number of halogens is 3. The van der Waals surface area contributed by atoms with Crippen molar-refractivity contribution in [1.82, 2.24) is 9.88 Å². The molecule has 0 spiro atoms. The minimum absolute atomic E-state index is 0.0967. The highest BCUT2D eigenvalue weighted by molar-refractivity contribution is 5.89. The molecule has 1 fully saturated rings. The monoisotopic (exact) mass is 427 g/mol. The van der Waals surface area contributed by atoms with Gasteiger partial charge in [0.2, 0.25) is 0 Å². The zero-order valence-electron chi connectivity index (χ0n) is 15.2. The lowest BCUT2D eigenvalue weighted by Crippen LogP contribution is -2.36. The molecule has 0 aliphatic carbocycles. The van der Waals surface area contributed by atoms with Gasteiger partial charge in [0.1, 0.15) is 6.23 Å². The number of aliphatic hydroxyl groups excluding tert-OH is 1. The molecule has 12 heteroatoms. The highest BCUT2D eigenvalue weighted by Gasteiger charge is 2.38. The Morgan fingerprint density at radius 1 is 1.43 bits per heavy atom. The van der Waals surface area contributed by atoms with Crippen LogP contribution in [0.1, 0.15) is 18.2 Å². The van der Waals surface area contributed by atoms with E-state index < -0.39 is 42.0 Å². The van der Waals surface area contributed by atoms with Crippen molar-refractivity contribution < 1.29 is 37.8 Å². The average Bonchev–Trinajstić information content (AvgIpc) is 3.29. The fourth-order valence-electron chi connectivity index (χ4n) is 3.09. The van der Waals surface area contributed by atoms with Crippen LogP contribution in [-0.4, -0.2) is 51.2 Å². The number of nitrogens with zero attached hydrogens (tertiary/aromatic N) is 2. The first kappa shape index (κ1) is 21.6. The zero-order valence-corrected chi connectivity index (χ0v) is 15.2. The number of alkyl halides is 3. The number of aromatic nitrogens is 1. The van der Waals surface area contributed by atoms with E-state index in [4.69, 9.17) is 4.74 Å². The second-order valence-electron chi connectivity index (χ2n) is 6.59. The summed E-state index contributed by atoms with van der Waals surface area (Å²) in [4.78, 5) is 21.3. The molecule has 1 aromatic carbocycles. The molecule has 1 aliphatic rings. The smallest absolute Gasteiger partial charge is 0.368 e. The molecule has 2 aromatic rings. The number of fused-ring (bicyclic) bond motifs is 1. The predicted octanol–water partition coefficient (Wildman–Crippen LogP) is 1.43. The number of rotatable bonds is 4. The van der Waals surface area contributed by atoms with Gasteiger partial charge in [0.05, 0.1) is 29.2 Å². The molecule has 3 rings (SSSR count). The largest absolute Gasteiger partial charge is 0.471 e. The second-order valence-corrected chi connectivity index (χ2v) is 6.59. The number of carbonyl (C=O) groups excluding carboxylic acids is 1. The Morgan fingerprint density at radius 3 is 2.77 bits per heavy atom. The number of carbonyl (C=O) groups is 1. The number of hydrogen-bond donors (Lipinski definition) is 3. The molecule has 3 N–H and O–H groups in total. The summed E-state index contributed by atoms with van der Waals surface area (Å²) in [5, 5.41) is 31.7. The van der Waals surface area contributed by atoms with Crippen LogP contribution in [-0.2, 0) is 9.53 Å². The number of amides is 1. The van der Waals surface area contributed by atoms with E-state index in [1.807, 2.05) is 0 Å². The maximum absolute atomic E-state index is 12.2.